The van der Waals surface area contributed by atoms with Crippen LogP contribution in [0.25, 0.3) is 0 Å². The van der Waals surface area contributed by atoms with Gasteiger partial charge < -0.3 is 4.90 Å². The first-order valence-corrected chi connectivity index (χ1v) is 9.82. The number of carbonyl (C=O) groups excluding carboxylic acids is 1. The molecule has 0 radical (unpaired) electrons. The second-order valence-electron chi connectivity index (χ2n) is 7.56. The second kappa shape index (κ2) is 5.96. The lowest BCUT2D eigenvalue weighted by Crippen LogP contribution is -2.47. The summed E-state index contributed by atoms with van der Waals surface area (Å²) in [6.45, 7) is 9.71. The quantitative estimate of drug-likeness (QED) is 0.800. The Morgan fingerprint density at radius 1 is 1.23 bits per heavy atom. The molecular weight excluding hydrogens is 300 g/mol. The number of nitrogens with one attached hydrogen (secondary N) is 1. The van der Waals surface area contributed by atoms with Crippen LogP contribution in [0.3, 0.4) is 0 Å². The lowest BCUT2D eigenvalue weighted by Gasteiger charge is -2.32. The minimum Gasteiger partial charge on any atom is -0.342 e. The van der Waals surface area contributed by atoms with Crippen molar-refractivity contribution in [3.05, 3.63) is 11.6 Å². The van der Waals surface area contributed by atoms with Crippen LogP contribution >= 0.6 is 0 Å². The molecule has 0 spiro atoms. The van der Waals surface area contributed by atoms with Crippen LogP contribution in [0.2, 0.25) is 0 Å². The van der Waals surface area contributed by atoms with Gasteiger partial charge in [0.25, 0.3) is 0 Å². The zero-order chi connectivity index (χ0) is 16.7. The molecule has 1 saturated carbocycles. The number of amides is 1. The fourth-order valence-corrected chi connectivity index (χ4v) is 4.38. The van der Waals surface area contributed by atoms with E-state index in [1.54, 1.807) is 0 Å². The van der Waals surface area contributed by atoms with Crippen molar-refractivity contribution in [2.75, 3.05) is 19.3 Å². The van der Waals surface area contributed by atoms with E-state index in [0.29, 0.717) is 31.8 Å². The standard InChI is InChI=1S/C16H28N2O3S/c1-11(2)10-13-14(16(13,3)4)15(19)18-8-6-12(7-9-18)17-22(5,20)21/h10,12-14,17H,6-9H2,1-5H3/t13-,14+/m1/s1. The number of hydrogen-bond donors (Lipinski definition) is 1. The van der Waals surface area contributed by atoms with Crippen molar-refractivity contribution in [2.24, 2.45) is 17.3 Å². The molecule has 5 nitrogen and oxygen atoms in total. The molecule has 6 heteroatoms. The van der Waals surface area contributed by atoms with Crippen LogP contribution in [0, 0.1) is 17.3 Å². The summed E-state index contributed by atoms with van der Waals surface area (Å²) in [6, 6.07) is -0.0418. The summed E-state index contributed by atoms with van der Waals surface area (Å²) >= 11 is 0. The second-order valence-corrected chi connectivity index (χ2v) is 9.34. The Kier molecular flexibility index (Phi) is 4.74. The van der Waals surface area contributed by atoms with Gasteiger partial charge in [-0.2, -0.15) is 0 Å². The molecule has 1 amide bonds. The van der Waals surface area contributed by atoms with E-state index in [1.807, 2.05) is 4.90 Å². The maximum Gasteiger partial charge on any atom is 0.226 e. The van der Waals surface area contributed by atoms with Crippen LogP contribution in [0.5, 0.6) is 0 Å². The first-order chi connectivity index (χ1) is 10.0. The molecule has 1 aliphatic carbocycles. The fraction of sp³-hybridized carbons (Fsp3) is 0.812. The highest BCUT2D eigenvalue weighted by Crippen LogP contribution is 2.60. The first-order valence-electron chi connectivity index (χ1n) is 7.93. The molecule has 1 aliphatic heterocycles. The van der Waals surface area contributed by atoms with E-state index in [4.69, 9.17) is 0 Å². The summed E-state index contributed by atoms with van der Waals surface area (Å²) in [4.78, 5) is 14.6. The summed E-state index contributed by atoms with van der Waals surface area (Å²) < 4.78 is 25.2. The van der Waals surface area contributed by atoms with E-state index in [1.165, 1.54) is 11.8 Å². The Morgan fingerprint density at radius 3 is 2.23 bits per heavy atom. The molecule has 0 aromatic heterocycles. The first kappa shape index (κ1) is 17.5. The molecule has 126 valence electrons. The predicted molar refractivity (Wildman–Crippen MR) is 87.8 cm³/mol. The number of allylic oxidation sites excluding steroid dienone is 2. The topological polar surface area (TPSA) is 66.5 Å². The van der Waals surface area contributed by atoms with Gasteiger partial charge in [0.1, 0.15) is 0 Å². The summed E-state index contributed by atoms with van der Waals surface area (Å²) in [5.41, 5.74) is 1.29. The molecule has 1 N–H and O–H groups in total. The van der Waals surface area contributed by atoms with Crippen LogP contribution < -0.4 is 4.72 Å². The van der Waals surface area contributed by atoms with Gasteiger partial charge in [-0.25, -0.2) is 13.1 Å². The SMILES string of the molecule is CC(C)=C[C@@H]1[C@@H](C(=O)N2CCC(NS(C)(=O)=O)CC2)C1(C)C. The van der Waals surface area contributed by atoms with Crippen molar-refractivity contribution < 1.29 is 13.2 Å². The number of hydrogen-bond acceptors (Lipinski definition) is 3. The smallest absolute Gasteiger partial charge is 0.226 e. The monoisotopic (exact) mass is 328 g/mol. The lowest BCUT2D eigenvalue weighted by atomic mass is 10.0. The van der Waals surface area contributed by atoms with Crippen LogP contribution in [0.4, 0.5) is 0 Å². The van der Waals surface area contributed by atoms with Gasteiger partial charge in [-0.15, -0.1) is 0 Å². The Hall–Kier alpha value is -0.880. The molecule has 0 aromatic rings. The molecule has 0 aromatic carbocycles. The maximum atomic E-state index is 12.7. The van der Waals surface area contributed by atoms with Crippen molar-refractivity contribution in [3.8, 4) is 0 Å². The molecule has 2 atom stereocenters. The van der Waals surface area contributed by atoms with Crippen molar-refractivity contribution in [3.63, 3.8) is 0 Å². The number of rotatable bonds is 4. The molecule has 22 heavy (non-hydrogen) atoms. The van der Waals surface area contributed by atoms with Crippen molar-refractivity contribution in [2.45, 2.75) is 46.6 Å². The molecule has 0 unspecified atom stereocenters. The number of sulfonamides is 1. The highest BCUT2D eigenvalue weighted by molar-refractivity contribution is 7.88. The molecule has 1 saturated heterocycles. The van der Waals surface area contributed by atoms with Gasteiger partial charge >= 0.3 is 0 Å². The van der Waals surface area contributed by atoms with E-state index < -0.39 is 10.0 Å². The summed E-state index contributed by atoms with van der Waals surface area (Å²) in [5, 5.41) is 0. The van der Waals surface area contributed by atoms with Gasteiger partial charge in [-0.3, -0.25) is 4.79 Å². The van der Waals surface area contributed by atoms with Gasteiger partial charge in [0.15, 0.2) is 0 Å². The van der Waals surface area contributed by atoms with Gasteiger partial charge in [-0.05, 0) is 38.0 Å². The Labute approximate surface area is 134 Å². The van der Waals surface area contributed by atoms with Crippen LogP contribution in [-0.2, 0) is 14.8 Å². The van der Waals surface area contributed by atoms with Gasteiger partial charge in [0, 0.05) is 19.1 Å². The van der Waals surface area contributed by atoms with Crippen molar-refractivity contribution in [1.29, 1.82) is 0 Å². The number of carbonyl (C=O) groups is 1. The third-order valence-electron chi connectivity index (χ3n) is 4.88. The Balaban J connectivity index is 1.92. The Morgan fingerprint density at radius 2 is 1.77 bits per heavy atom. The maximum absolute atomic E-state index is 12.7. The molecule has 2 rings (SSSR count). The minimum absolute atomic E-state index is 0.0379. The van der Waals surface area contributed by atoms with E-state index in [9.17, 15) is 13.2 Å². The van der Waals surface area contributed by atoms with Crippen LogP contribution in [-0.4, -0.2) is 44.6 Å². The highest BCUT2D eigenvalue weighted by atomic mass is 32.2. The van der Waals surface area contributed by atoms with E-state index in [-0.39, 0.29) is 23.3 Å². The molecule has 1 heterocycles. The average Bonchev–Trinajstić information content (AvgIpc) is 2.88. The van der Waals surface area contributed by atoms with E-state index in [2.05, 4.69) is 38.5 Å². The average molecular weight is 328 g/mol. The highest BCUT2D eigenvalue weighted by Gasteiger charge is 2.61. The third kappa shape index (κ3) is 3.90. The van der Waals surface area contributed by atoms with Crippen LogP contribution in [0.1, 0.15) is 40.5 Å². The molecule has 0 bridgehead atoms. The van der Waals surface area contributed by atoms with E-state index in [0.717, 1.165) is 0 Å². The van der Waals surface area contributed by atoms with Crippen LogP contribution in [0.15, 0.2) is 11.6 Å². The predicted octanol–water partition coefficient (Wildman–Crippen LogP) is 1.76. The zero-order valence-electron chi connectivity index (χ0n) is 14.2. The Bertz CT molecular complexity index is 568. The molecule has 2 fully saturated rings. The summed E-state index contributed by atoms with van der Waals surface area (Å²) in [6.07, 6.45) is 4.78. The van der Waals surface area contributed by atoms with Gasteiger partial charge in [0.2, 0.25) is 15.9 Å². The normalized spacial score (nSPS) is 28.3. The molecular formula is C16H28N2O3S. The van der Waals surface area contributed by atoms with Gasteiger partial charge in [-0.1, -0.05) is 25.5 Å². The lowest BCUT2D eigenvalue weighted by molar-refractivity contribution is -0.134. The summed E-state index contributed by atoms with van der Waals surface area (Å²) in [5.74, 6) is 0.629. The van der Waals surface area contributed by atoms with E-state index >= 15 is 0 Å². The zero-order valence-corrected chi connectivity index (χ0v) is 15.0. The molecule has 2 aliphatic rings. The number of piperidine rings is 1. The van der Waals surface area contributed by atoms with Crippen molar-refractivity contribution >= 4 is 15.9 Å². The number of likely N-dealkylation sites (tertiary alicyclic amines) is 1. The summed E-state index contributed by atoms with van der Waals surface area (Å²) in [7, 11) is -3.17. The third-order valence-corrected chi connectivity index (χ3v) is 5.64. The largest absolute Gasteiger partial charge is 0.342 e. The van der Waals surface area contributed by atoms with Gasteiger partial charge in [0.05, 0.1) is 12.2 Å². The minimum atomic E-state index is -3.17. The fourth-order valence-electron chi connectivity index (χ4n) is 3.54. The van der Waals surface area contributed by atoms with Crippen molar-refractivity contribution in [1.82, 2.24) is 9.62 Å². The number of nitrogens with zero attached hydrogens (tertiary/aromatic N) is 1.